The van der Waals surface area contributed by atoms with Crippen LogP contribution in [0.1, 0.15) is 51.4 Å². The minimum atomic E-state index is -4.03. The van der Waals surface area contributed by atoms with E-state index in [1.807, 2.05) is 0 Å². The van der Waals surface area contributed by atoms with Gasteiger partial charge in [0.25, 0.3) is 0 Å². The highest BCUT2D eigenvalue weighted by Gasteiger charge is 2.47. The minimum absolute atomic E-state index is 0.161. The molecule has 0 bridgehead atoms. The summed E-state index contributed by atoms with van der Waals surface area (Å²) in [6.45, 7) is 2.51. The quantitative estimate of drug-likeness (QED) is 0.839. The Morgan fingerprint density at radius 3 is 1.95 bits per heavy atom. The van der Waals surface area contributed by atoms with E-state index in [4.69, 9.17) is 5.73 Å². The molecule has 0 radical (unpaired) electrons. The van der Waals surface area contributed by atoms with Crippen LogP contribution in [0, 0.1) is 5.92 Å². The molecule has 2 nitrogen and oxygen atoms in total. The van der Waals surface area contributed by atoms with Gasteiger partial charge in [-0.1, -0.05) is 12.8 Å². The normalized spacial score (nSPS) is 35.1. The topological polar surface area (TPSA) is 29.3 Å². The summed E-state index contributed by atoms with van der Waals surface area (Å²) in [5, 5.41) is 0. The standard InChI is InChI=1S/C14H25F3N2/c15-14(16,17)12-5-7-13(11-18,8-6-12)19-9-3-1-2-4-10-19/h12H,1-11,18H2. The number of rotatable bonds is 2. The Balaban J connectivity index is 2.00. The van der Waals surface area contributed by atoms with E-state index < -0.39 is 12.1 Å². The molecule has 1 heterocycles. The highest BCUT2D eigenvalue weighted by atomic mass is 19.4. The lowest BCUT2D eigenvalue weighted by Gasteiger charge is -2.47. The van der Waals surface area contributed by atoms with Crippen LogP contribution in [-0.4, -0.2) is 36.2 Å². The predicted molar refractivity (Wildman–Crippen MR) is 69.8 cm³/mol. The second-order valence-electron chi connectivity index (χ2n) is 6.15. The maximum absolute atomic E-state index is 12.8. The van der Waals surface area contributed by atoms with Crippen LogP contribution in [0.4, 0.5) is 13.2 Å². The second kappa shape index (κ2) is 6.00. The molecule has 5 heteroatoms. The van der Waals surface area contributed by atoms with Crippen molar-refractivity contribution in [3.63, 3.8) is 0 Å². The molecule has 0 aromatic carbocycles. The molecule has 2 aliphatic rings. The van der Waals surface area contributed by atoms with E-state index in [2.05, 4.69) is 4.90 Å². The fourth-order valence-electron chi connectivity index (χ4n) is 3.68. The SMILES string of the molecule is NCC1(N2CCCCCC2)CCC(C(F)(F)F)CC1. The Hall–Kier alpha value is -0.290. The fraction of sp³-hybridized carbons (Fsp3) is 1.00. The average Bonchev–Trinajstić information content (AvgIpc) is 2.67. The lowest BCUT2D eigenvalue weighted by molar-refractivity contribution is -0.188. The van der Waals surface area contributed by atoms with Crippen molar-refractivity contribution >= 4 is 0 Å². The highest BCUT2D eigenvalue weighted by molar-refractivity contribution is 4.97. The van der Waals surface area contributed by atoms with Gasteiger partial charge in [-0.05, 0) is 51.6 Å². The van der Waals surface area contributed by atoms with Gasteiger partial charge in [0.2, 0.25) is 0 Å². The summed E-state index contributed by atoms with van der Waals surface area (Å²) < 4.78 is 38.3. The summed E-state index contributed by atoms with van der Waals surface area (Å²) in [6, 6.07) is 0. The smallest absolute Gasteiger partial charge is 0.329 e. The summed E-state index contributed by atoms with van der Waals surface area (Å²) in [6.07, 6.45) is 2.47. The molecule has 1 saturated heterocycles. The van der Waals surface area contributed by atoms with E-state index in [9.17, 15) is 13.2 Å². The monoisotopic (exact) mass is 278 g/mol. The van der Waals surface area contributed by atoms with Gasteiger partial charge in [-0.3, -0.25) is 4.90 Å². The van der Waals surface area contributed by atoms with Gasteiger partial charge in [0.05, 0.1) is 5.92 Å². The van der Waals surface area contributed by atoms with Crippen molar-refractivity contribution in [1.82, 2.24) is 4.90 Å². The largest absolute Gasteiger partial charge is 0.391 e. The van der Waals surface area contributed by atoms with Crippen molar-refractivity contribution in [3.8, 4) is 0 Å². The maximum Gasteiger partial charge on any atom is 0.391 e. The van der Waals surface area contributed by atoms with Gasteiger partial charge >= 0.3 is 6.18 Å². The van der Waals surface area contributed by atoms with Crippen LogP contribution in [0.5, 0.6) is 0 Å². The van der Waals surface area contributed by atoms with Gasteiger partial charge in [-0.15, -0.1) is 0 Å². The zero-order valence-electron chi connectivity index (χ0n) is 11.5. The molecular formula is C14H25F3N2. The van der Waals surface area contributed by atoms with Gasteiger partial charge in [-0.25, -0.2) is 0 Å². The zero-order chi connectivity index (χ0) is 13.9. The zero-order valence-corrected chi connectivity index (χ0v) is 11.5. The van der Waals surface area contributed by atoms with Crippen LogP contribution in [0.3, 0.4) is 0 Å². The van der Waals surface area contributed by atoms with Crippen molar-refractivity contribution in [1.29, 1.82) is 0 Å². The number of hydrogen-bond acceptors (Lipinski definition) is 2. The van der Waals surface area contributed by atoms with Crippen molar-refractivity contribution < 1.29 is 13.2 Å². The Morgan fingerprint density at radius 2 is 1.53 bits per heavy atom. The first-order chi connectivity index (χ1) is 8.98. The van der Waals surface area contributed by atoms with Crippen LogP contribution in [0.25, 0.3) is 0 Å². The van der Waals surface area contributed by atoms with Crippen LogP contribution in [-0.2, 0) is 0 Å². The molecule has 2 fully saturated rings. The summed E-state index contributed by atoms with van der Waals surface area (Å²) in [7, 11) is 0. The molecule has 1 aliphatic carbocycles. The number of alkyl halides is 3. The summed E-state index contributed by atoms with van der Waals surface area (Å²) in [5.74, 6) is -1.11. The van der Waals surface area contributed by atoms with Crippen molar-refractivity contribution in [2.75, 3.05) is 19.6 Å². The Labute approximate surface area is 113 Å². The van der Waals surface area contributed by atoms with Crippen LogP contribution in [0.2, 0.25) is 0 Å². The van der Waals surface area contributed by atoms with E-state index in [0.717, 1.165) is 25.9 Å². The van der Waals surface area contributed by atoms with Crippen LogP contribution in [0.15, 0.2) is 0 Å². The van der Waals surface area contributed by atoms with E-state index >= 15 is 0 Å². The van der Waals surface area contributed by atoms with Gasteiger partial charge in [-0.2, -0.15) is 13.2 Å². The predicted octanol–water partition coefficient (Wildman–Crippen LogP) is 3.31. The Bertz CT molecular complexity index is 275. The molecule has 0 atom stereocenters. The van der Waals surface area contributed by atoms with Gasteiger partial charge in [0.15, 0.2) is 0 Å². The second-order valence-corrected chi connectivity index (χ2v) is 6.15. The first-order valence-corrected chi connectivity index (χ1v) is 7.50. The van der Waals surface area contributed by atoms with Gasteiger partial charge in [0, 0.05) is 12.1 Å². The molecule has 112 valence electrons. The summed E-state index contributed by atoms with van der Waals surface area (Å²) in [4.78, 5) is 2.40. The molecule has 0 spiro atoms. The number of nitrogens with two attached hydrogens (primary N) is 1. The fourth-order valence-corrected chi connectivity index (χ4v) is 3.68. The number of halogens is 3. The molecule has 0 amide bonds. The molecule has 0 aromatic heterocycles. The molecule has 1 aliphatic heterocycles. The van der Waals surface area contributed by atoms with Crippen molar-refractivity contribution in [3.05, 3.63) is 0 Å². The number of hydrogen-bond donors (Lipinski definition) is 1. The lowest BCUT2D eigenvalue weighted by atomic mass is 9.75. The number of likely N-dealkylation sites (tertiary alicyclic amines) is 1. The van der Waals surface area contributed by atoms with E-state index in [1.165, 1.54) is 12.8 Å². The maximum atomic E-state index is 12.8. The minimum Gasteiger partial charge on any atom is -0.329 e. The van der Waals surface area contributed by atoms with Crippen molar-refractivity contribution in [2.24, 2.45) is 11.7 Å². The Kier molecular flexibility index (Phi) is 4.77. The van der Waals surface area contributed by atoms with Gasteiger partial charge in [0.1, 0.15) is 0 Å². The molecule has 19 heavy (non-hydrogen) atoms. The van der Waals surface area contributed by atoms with E-state index in [-0.39, 0.29) is 18.4 Å². The van der Waals surface area contributed by atoms with E-state index in [0.29, 0.717) is 19.4 Å². The molecule has 1 saturated carbocycles. The molecular weight excluding hydrogens is 253 g/mol. The Morgan fingerprint density at radius 1 is 1.00 bits per heavy atom. The van der Waals surface area contributed by atoms with E-state index in [1.54, 1.807) is 0 Å². The van der Waals surface area contributed by atoms with Gasteiger partial charge < -0.3 is 5.73 Å². The molecule has 2 N–H and O–H groups in total. The van der Waals surface area contributed by atoms with Crippen LogP contribution >= 0.6 is 0 Å². The molecule has 0 aromatic rings. The first-order valence-electron chi connectivity index (χ1n) is 7.50. The summed E-state index contributed by atoms with van der Waals surface area (Å²) >= 11 is 0. The third-order valence-corrected chi connectivity index (χ3v) is 5.04. The summed E-state index contributed by atoms with van der Waals surface area (Å²) in [5.41, 5.74) is 5.79. The number of nitrogens with zero attached hydrogens (tertiary/aromatic N) is 1. The highest BCUT2D eigenvalue weighted by Crippen LogP contribution is 2.43. The van der Waals surface area contributed by atoms with Crippen LogP contribution < -0.4 is 5.73 Å². The average molecular weight is 278 g/mol. The first kappa shape index (κ1) is 15.1. The third-order valence-electron chi connectivity index (χ3n) is 5.04. The lowest BCUT2D eigenvalue weighted by Crippen LogP contribution is -2.56. The van der Waals surface area contributed by atoms with Crippen molar-refractivity contribution in [2.45, 2.75) is 63.1 Å². The molecule has 2 rings (SSSR count). The molecule has 0 unspecified atom stereocenters. The third kappa shape index (κ3) is 3.43.